The third-order valence-corrected chi connectivity index (χ3v) is 13.8. The fourth-order valence-electron chi connectivity index (χ4n) is 6.99. The van der Waals surface area contributed by atoms with Crippen LogP contribution in [0.15, 0.2) is 115 Å². The summed E-state index contributed by atoms with van der Waals surface area (Å²) in [7, 11) is 0. The van der Waals surface area contributed by atoms with Crippen molar-refractivity contribution in [2.24, 2.45) is 0 Å². The minimum Gasteiger partial charge on any atom is -0.404 e. The van der Waals surface area contributed by atoms with Gasteiger partial charge in [0.1, 0.15) is 11.6 Å². The van der Waals surface area contributed by atoms with Crippen LogP contribution >= 0.6 is 68.4 Å². The first-order chi connectivity index (χ1) is 25.3. The van der Waals surface area contributed by atoms with E-state index < -0.39 is 11.8 Å². The van der Waals surface area contributed by atoms with Gasteiger partial charge in [-0.3, -0.25) is 6.23 Å². The first-order valence-electron chi connectivity index (χ1n) is 16.4. The number of hydrogen-bond acceptors (Lipinski definition) is 5. The minimum atomic E-state index is -4.85. The Balaban J connectivity index is 1.16. The second-order valence-electron chi connectivity index (χ2n) is 13.2. The van der Waals surface area contributed by atoms with Gasteiger partial charge >= 0.3 is 6.36 Å². The predicted molar refractivity (Wildman–Crippen MR) is 227 cm³/mol. The molecule has 6 aromatic carbocycles. The van der Waals surface area contributed by atoms with Gasteiger partial charge in [0.25, 0.3) is 0 Å². The maximum atomic E-state index is 16.1. The van der Waals surface area contributed by atoms with Crippen LogP contribution in [0.5, 0.6) is 5.75 Å². The smallest absolute Gasteiger partial charge is 0.404 e. The number of rotatable bonds is 8. The van der Waals surface area contributed by atoms with E-state index in [4.69, 9.17) is 0 Å². The average Bonchev–Trinajstić information content (AvgIpc) is 3.70. The molecule has 53 heavy (non-hydrogen) atoms. The zero-order valence-corrected chi connectivity index (χ0v) is 33.9. The summed E-state index contributed by atoms with van der Waals surface area (Å²) >= 11 is 7.00. The Bertz CT molecular complexity index is 2690. The van der Waals surface area contributed by atoms with Crippen molar-refractivity contribution in [3.63, 3.8) is 0 Å². The highest BCUT2D eigenvalue weighted by atomic mass is 127. The molecule has 0 bridgehead atoms. The van der Waals surface area contributed by atoms with Crippen LogP contribution in [0.25, 0.3) is 40.3 Å². The second-order valence-corrected chi connectivity index (χ2v) is 17.2. The summed E-state index contributed by atoms with van der Waals surface area (Å²) in [6, 6.07) is 34.5. The van der Waals surface area contributed by atoms with Gasteiger partial charge in [0.05, 0.1) is 87.3 Å². The summed E-state index contributed by atoms with van der Waals surface area (Å²) < 4.78 is 81.5. The van der Waals surface area contributed by atoms with E-state index in [-0.39, 0.29) is 23.1 Å². The molecule has 0 spiro atoms. The van der Waals surface area contributed by atoms with Crippen LogP contribution in [0.4, 0.5) is 44.7 Å². The lowest BCUT2D eigenvalue weighted by Gasteiger charge is -2.31. The molecule has 0 saturated heterocycles. The Morgan fingerprint density at radius 2 is 1.08 bits per heavy atom. The maximum Gasteiger partial charge on any atom is 0.573 e. The summed E-state index contributed by atoms with van der Waals surface area (Å²) in [5, 5.41) is 3.44. The minimum absolute atomic E-state index is 0.219. The van der Waals surface area contributed by atoms with Crippen LogP contribution < -0.4 is 11.0 Å². The number of thiophene rings is 2. The lowest BCUT2D eigenvalue weighted by atomic mass is 9.78. The van der Waals surface area contributed by atoms with Gasteiger partial charge in [-0.25, -0.2) is 8.78 Å². The molecule has 8 aromatic rings. The van der Waals surface area contributed by atoms with Crippen molar-refractivity contribution in [3.8, 4) is 5.75 Å². The van der Waals surface area contributed by atoms with E-state index in [2.05, 4.69) is 56.7 Å². The fourth-order valence-corrected chi connectivity index (χ4v) is 11.3. The van der Waals surface area contributed by atoms with Crippen molar-refractivity contribution in [2.75, 3.05) is 6.23 Å². The number of fused-ring (bicyclic) bond motifs is 6. The lowest BCUT2D eigenvalue weighted by Crippen LogP contribution is -2.23. The quantitative estimate of drug-likeness (QED) is 0.0857. The van der Waals surface area contributed by atoms with Gasteiger partial charge in [-0.1, -0.05) is 80.6 Å². The predicted octanol–water partition coefficient (Wildman–Crippen LogP) is 15.1. The Labute approximate surface area is 337 Å². The van der Waals surface area contributed by atoms with Gasteiger partial charge in [0, 0.05) is 21.5 Å². The number of halogens is 7. The molecule has 0 saturated carbocycles. The molecule has 0 radical (unpaired) electrons. The zero-order chi connectivity index (χ0) is 37.2. The normalized spacial score (nSPS) is 12.3. The number of ether oxygens (including phenoxy) is 1. The highest BCUT2D eigenvalue weighted by molar-refractivity contribution is 14.1. The molecule has 0 unspecified atom stereocenters. The van der Waals surface area contributed by atoms with E-state index in [1.54, 1.807) is 33.4 Å². The molecule has 0 aliphatic carbocycles. The second kappa shape index (κ2) is 13.8. The van der Waals surface area contributed by atoms with Crippen LogP contribution in [-0.4, -0.2) is 6.36 Å². The molecule has 3 nitrogen and oxygen atoms in total. The molecule has 0 aliphatic heterocycles. The fraction of sp³-hybridized carbons (Fsp3) is 0.122. The molecular formula is C41H27F5I2N2OS2. The average molecular weight is 977 g/mol. The highest BCUT2D eigenvalue weighted by Gasteiger charge is 2.33. The summed E-state index contributed by atoms with van der Waals surface area (Å²) in [5.41, 5.74) is 4.21. The van der Waals surface area contributed by atoms with Crippen LogP contribution in [-0.2, 0) is 11.8 Å². The molecule has 2 heterocycles. The van der Waals surface area contributed by atoms with Gasteiger partial charge in [-0.05, 0) is 71.5 Å². The number of nitrogens with zero attached hydrogens (tertiary/aromatic N) is 2. The van der Waals surface area contributed by atoms with Crippen molar-refractivity contribution >= 4 is 131 Å². The van der Waals surface area contributed by atoms with Crippen LogP contribution in [0.2, 0.25) is 0 Å². The van der Waals surface area contributed by atoms with E-state index in [1.807, 2.05) is 77.5 Å². The van der Waals surface area contributed by atoms with Gasteiger partial charge in [0.15, 0.2) is 5.75 Å². The van der Waals surface area contributed by atoms with E-state index in [0.29, 0.717) is 21.5 Å². The standard InChI is InChI=1S/C41H27F5I2N2OS2/c1-40(2,28-13-3-4-15-31(28)49(47)33-17-8-11-25-24-10-7-14-29(42)36(24)52-38(25)33)22-23-20-27-26-12-9-18-34(39(26)53-37(27)30(43)21-23)50(48)32-16-5-6-19-35(32)51-41(44,45)46/h3-21H,22H2,1-2H3. The molecule has 0 amide bonds. The van der Waals surface area contributed by atoms with Gasteiger partial charge in [-0.2, -0.15) is 0 Å². The monoisotopic (exact) mass is 976 g/mol. The van der Waals surface area contributed by atoms with Crippen LogP contribution in [0, 0.1) is 11.6 Å². The van der Waals surface area contributed by atoms with Crippen LogP contribution in [0.3, 0.4) is 0 Å². The number of hydrogen-bond donors (Lipinski definition) is 0. The zero-order valence-electron chi connectivity index (χ0n) is 27.9. The number of para-hydroxylation sites is 3. The largest absolute Gasteiger partial charge is 0.573 e. The Morgan fingerprint density at radius 3 is 1.74 bits per heavy atom. The van der Waals surface area contributed by atoms with E-state index in [0.717, 1.165) is 53.4 Å². The number of benzene rings is 6. The van der Waals surface area contributed by atoms with Crippen molar-refractivity contribution in [2.45, 2.75) is 32.0 Å². The maximum absolute atomic E-state index is 16.1. The van der Waals surface area contributed by atoms with Crippen LogP contribution in [0.1, 0.15) is 25.0 Å². The van der Waals surface area contributed by atoms with E-state index in [9.17, 15) is 17.6 Å². The molecule has 0 aliphatic rings. The summed E-state index contributed by atoms with van der Waals surface area (Å²) in [4.78, 5) is 0. The van der Waals surface area contributed by atoms with Crippen molar-refractivity contribution in [1.82, 2.24) is 0 Å². The summed E-state index contributed by atoms with van der Waals surface area (Å²) in [5.74, 6) is -0.917. The molecule has 0 fully saturated rings. The Kier molecular flexibility index (Phi) is 9.47. The first kappa shape index (κ1) is 36.3. The highest BCUT2D eigenvalue weighted by Crippen LogP contribution is 2.49. The van der Waals surface area contributed by atoms with Gasteiger partial charge in [0.2, 0.25) is 0 Å². The summed E-state index contributed by atoms with van der Waals surface area (Å²) in [6.07, 6.45) is -4.33. The third-order valence-electron chi connectivity index (χ3n) is 9.26. The Hall–Kier alpha value is -3.73. The third kappa shape index (κ3) is 6.69. The number of alkyl halides is 3. The van der Waals surface area contributed by atoms with Gasteiger partial charge < -0.3 is 4.74 Å². The van der Waals surface area contributed by atoms with Crippen molar-refractivity contribution < 1.29 is 26.7 Å². The summed E-state index contributed by atoms with van der Waals surface area (Å²) in [6.45, 7) is 4.29. The molecule has 2 aromatic heterocycles. The topological polar surface area (TPSA) is 15.7 Å². The molecule has 0 N–H and O–H groups in total. The molecule has 12 heteroatoms. The van der Waals surface area contributed by atoms with Crippen molar-refractivity contribution in [3.05, 3.63) is 138 Å². The number of anilines is 4. The molecule has 0 atom stereocenters. The van der Waals surface area contributed by atoms with Gasteiger partial charge in [-0.15, -0.1) is 35.8 Å². The van der Waals surface area contributed by atoms with E-state index in [1.165, 1.54) is 40.9 Å². The van der Waals surface area contributed by atoms with Crippen molar-refractivity contribution in [1.29, 1.82) is 0 Å². The molecule has 8 rings (SSSR count). The van der Waals surface area contributed by atoms with E-state index >= 15 is 4.39 Å². The first-order valence-corrected chi connectivity index (χ1v) is 20.0. The SMILES string of the molecule is CC(C)(Cc1cc(F)c2sc3c(N(I)c4ccccc4OC(F)(F)F)cccc3c2c1)c1ccccc1N(I)c1cccc2c1sc1c(F)cccc12. The Morgan fingerprint density at radius 1 is 0.566 bits per heavy atom. The molecule has 268 valence electrons. The molecular weight excluding hydrogens is 949 g/mol. The lowest BCUT2D eigenvalue weighted by molar-refractivity contribution is -0.274.